The zero-order valence-electron chi connectivity index (χ0n) is 11.2. The van der Waals surface area contributed by atoms with E-state index < -0.39 is 11.3 Å². The number of aromatic nitrogens is 1. The highest BCUT2D eigenvalue weighted by Gasteiger charge is 2.29. The molecular formula is C14H17N3O2S. The van der Waals surface area contributed by atoms with Crippen molar-refractivity contribution in [2.24, 2.45) is 0 Å². The Morgan fingerprint density at radius 1 is 1.35 bits per heavy atom. The summed E-state index contributed by atoms with van der Waals surface area (Å²) < 4.78 is 22.2. The number of nitrogens with zero attached hydrogens (tertiary/aromatic N) is 2. The van der Waals surface area contributed by atoms with Crippen LogP contribution in [0.4, 0.5) is 0 Å². The van der Waals surface area contributed by atoms with E-state index in [1.165, 1.54) is 0 Å². The molecule has 0 radical (unpaired) electrons. The molecule has 2 heterocycles. The Morgan fingerprint density at radius 3 is 2.95 bits per heavy atom. The summed E-state index contributed by atoms with van der Waals surface area (Å²) in [5.41, 5.74) is 0.935. The Kier molecular flexibility index (Phi) is 3.80. The Hall–Kier alpha value is -1.34. The van der Waals surface area contributed by atoms with Crippen molar-refractivity contribution in [2.45, 2.75) is 19.0 Å². The molecule has 20 heavy (non-hydrogen) atoms. The maximum absolute atomic E-state index is 11.3. The summed E-state index contributed by atoms with van der Waals surface area (Å²) in [6.07, 6.45) is 1.79. The summed E-state index contributed by atoms with van der Waals surface area (Å²) in [6.45, 7) is 3.05. The fourth-order valence-corrected chi connectivity index (χ4v) is 3.37. The highest BCUT2D eigenvalue weighted by Crippen LogP contribution is 2.25. The predicted molar refractivity (Wildman–Crippen MR) is 79.4 cm³/mol. The third-order valence-corrected chi connectivity index (χ3v) is 4.34. The van der Waals surface area contributed by atoms with Crippen LogP contribution in [0.1, 0.15) is 18.7 Å². The van der Waals surface area contributed by atoms with E-state index in [0.717, 1.165) is 16.5 Å². The van der Waals surface area contributed by atoms with Gasteiger partial charge in [-0.1, -0.05) is 24.3 Å². The van der Waals surface area contributed by atoms with E-state index in [2.05, 4.69) is 16.4 Å². The van der Waals surface area contributed by atoms with Crippen LogP contribution in [0.15, 0.2) is 36.5 Å². The maximum Gasteiger partial charge on any atom is 0.234 e. The molecule has 2 N–H and O–H groups in total. The van der Waals surface area contributed by atoms with Crippen molar-refractivity contribution in [2.75, 3.05) is 13.1 Å². The van der Waals surface area contributed by atoms with Crippen molar-refractivity contribution in [3.8, 4) is 0 Å². The van der Waals surface area contributed by atoms with Gasteiger partial charge in [0, 0.05) is 30.7 Å². The van der Waals surface area contributed by atoms with Gasteiger partial charge in [0.1, 0.15) is 0 Å². The molecule has 0 aliphatic carbocycles. The van der Waals surface area contributed by atoms with E-state index in [9.17, 15) is 8.76 Å². The summed E-state index contributed by atoms with van der Waals surface area (Å²) in [7, 11) is 0. The van der Waals surface area contributed by atoms with E-state index in [4.69, 9.17) is 0 Å². The lowest BCUT2D eigenvalue weighted by atomic mass is 10.0. The van der Waals surface area contributed by atoms with E-state index in [0.29, 0.717) is 13.1 Å². The van der Waals surface area contributed by atoms with Crippen LogP contribution >= 0.6 is 0 Å². The highest BCUT2D eigenvalue weighted by atomic mass is 32.2. The Balaban J connectivity index is 1.99. The quantitative estimate of drug-likeness (QED) is 0.827. The van der Waals surface area contributed by atoms with Gasteiger partial charge in [-0.3, -0.25) is 9.54 Å². The van der Waals surface area contributed by atoms with Crippen LogP contribution in [0.25, 0.3) is 10.8 Å². The maximum atomic E-state index is 11.3. The Morgan fingerprint density at radius 2 is 2.15 bits per heavy atom. The molecule has 1 aliphatic rings. The number of fused-ring (bicyclic) bond motifs is 1. The van der Waals surface area contributed by atoms with Crippen molar-refractivity contribution >= 4 is 22.0 Å². The molecule has 106 valence electrons. The average Bonchev–Trinajstić information content (AvgIpc) is 2.46. The molecule has 1 unspecified atom stereocenters. The molecule has 0 spiro atoms. The molecule has 1 fully saturated rings. The SMILES string of the molecule is C[C@@H]1CN(S(=O)O)C[C@H](c2nccc3ccccc23)N1. The van der Waals surface area contributed by atoms with Crippen LogP contribution in [0, 0.1) is 0 Å². The fraction of sp³-hybridized carbons (Fsp3) is 0.357. The van der Waals surface area contributed by atoms with Crippen LogP contribution in [0.5, 0.6) is 0 Å². The minimum absolute atomic E-state index is 0.0408. The first kappa shape index (κ1) is 13.6. The third kappa shape index (κ3) is 2.60. The standard InChI is InChI=1S/C14H17N3O2S/c1-10-8-17(20(18)19)9-13(16-10)14-12-5-3-2-4-11(12)6-7-15-14/h2-7,10,13,16H,8-9H2,1H3,(H,18,19)/t10-,13-/m1/s1. The van der Waals surface area contributed by atoms with Crippen LogP contribution < -0.4 is 5.32 Å². The Labute approximate surface area is 120 Å². The second-order valence-electron chi connectivity index (χ2n) is 5.12. The predicted octanol–water partition coefficient (Wildman–Crippen LogP) is 1.71. The first-order chi connectivity index (χ1) is 9.65. The minimum Gasteiger partial charge on any atom is -0.304 e. The van der Waals surface area contributed by atoms with Crippen LogP contribution in [0.3, 0.4) is 0 Å². The number of benzene rings is 1. The number of piperazine rings is 1. The average molecular weight is 291 g/mol. The molecule has 1 aromatic carbocycles. The van der Waals surface area contributed by atoms with Gasteiger partial charge in [-0.15, -0.1) is 0 Å². The highest BCUT2D eigenvalue weighted by molar-refractivity contribution is 7.76. The van der Waals surface area contributed by atoms with Gasteiger partial charge in [0.2, 0.25) is 11.3 Å². The normalized spacial score (nSPS) is 25.7. The van der Waals surface area contributed by atoms with Gasteiger partial charge in [-0.2, -0.15) is 4.31 Å². The van der Waals surface area contributed by atoms with Gasteiger partial charge in [0.25, 0.3) is 0 Å². The number of nitrogens with one attached hydrogen (secondary N) is 1. The third-order valence-electron chi connectivity index (χ3n) is 3.60. The minimum atomic E-state index is -1.94. The summed E-state index contributed by atoms with van der Waals surface area (Å²) in [4.78, 5) is 4.49. The molecule has 1 aliphatic heterocycles. The topological polar surface area (TPSA) is 65.5 Å². The van der Waals surface area contributed by atoms with Gasteiger partial charge in [0.15, 0.2) is 0 Å². The molecule has 0 amide bonds. The molecule has 0 saturated carbocycles. The lowest BCUT2D eigenvalue weighted by Gasteiger charge is -2.35. The van der Waals surface area contributed by atoms with Crippen LogP contribution in [-0.4, -0.2) is 37.2 Å². The zero-order chi connectivity index (χ0) is 14.1. The second-order valence-corrected chi connectivity index (χ2v) is 6.09. The van der Waals surface area contributed by atoms with Gasteiger partial charge < -0.3 is 5.32 Å². The molecule has 5 nitrogen and oxygen atoms in total. The number of rotatable bonds is 2. The van der Waals surface area contributed by atoms with Gasteiger partial charge in [-0.25, -0.2) is 4.21 Å². The summed E-state index contributed by atoms with van der Waals surface area (Å²) in [5.74, 6) is 0. The molecule has 6 heteroatoms. The summed E-state index contributed by atoms with van der Waals surface area (Å²) in [6, 6.07) is 10.2. The van der Waals surface area contributed by atoms with E-state index in [-0.39, 0.29) is 12.1 Å². The van der Waals surface area contributed by atoms with E-state index in [1.807, 2.05) is 31.2 Å². The van der Waals surface area contributed by atoms with Crippen molar-refractivity contribution in [1.29, 1.82) is 0 Å². The number of hydrogen-bond donors (Lipinski definition) is 2. The fourth-order valence-electron chi connectivity index (χ4n) is 2.75. The molecule has 2 aromatic rings. The van der Waals surface area contributed by atoms with E-state index >= 15 is 0 Å². The molecule has 1 saturated heterocycles. The zero-order valence-corrected chi connectivity index (χ0v) is 12.0. The molecule has 3 atom stereocenters. The van der Waals surface area contributed by atoms with Crippen molar-refractivity contribution in [3.05, 3.63) is 42.2 Å². The summed E-state index contributed by atoms with van der Waals surface area (Å²) in [5, 5.41) is 5.68. The van der Waals surface area contributed by atoms with Crippen molar-refractivity contribution in [3.63, 3.8) is 0 Å². The molecular weight excluding hydrogens is 274 g/mol. The summed E-state index contributed by atoms with van der Waals surface area (Å²) >= 11 is -1.94. The first-order valence-corrected chi connectivity index (χ1v) is 7.67. The smallest absolute Gasteiger partial charge is 0.234 e. The van der Waals surface area contributed by atoms with Crippen molar-refractivity contribution in [1.82, 2.24) is 14.6 Å². The molecule has 3 rings (SSSR count). The largest absolute Gasteiger partial charge is 0.304 e. The monoisotopic (exact) mass is 291 g/mol. The van der Waals surface area contributed by atoms with Crippen molar-refractivity contribution < 1.29 is 8.76 Å². The molecule has 1 aromatic heterocycles. The first-order valence-electron chi connectivity index (χ1n) is 6.61. The van der Waals surface area contributed by atoms with Gasteiger partial charge in [0.05, 0.1) is 11.7 Å². The van der Waals surface area contributed by atoms with Crippen LogP contribution in [0.2, 0.25) is 0 Å². The number of hydrogen-bond acceptors (Lipinski definition) is 3. The van der Waals surface area contributed by atoms with Crippen LogP contribution in [-0.2, 0) is 11.3 Å². The number of pyridine rings is 1. The lowest BCUT2D eigenvalue weighted by molar-refractivity contribution is 0.249. The lowest BCUT2D eigenvalue weighted by Crippen LogP contribution is -2.51. The molecule has 0 bridgehead atoms. The van der Waals surface area contributed by atoms with E-state index in [1.54, 1.807) is 10.5 Å². The van der Waals surface area contributed by atoms with Gasteiger partial charge in [-0.05, 0) is 18.4 Å². The second kappa shape index (κ2) is 5.57. The van der Waals surface area contributed by atoms with Gasteiger partial charge >= 0.3 is 0 Å². The Bertz CT molecular complexity index is 644.